The molecule has 1 unspecified atom stereocenters. The molecule has 0 saturated heterocycles. The summed E-state index contributed by atoms with van der Waals surface area (Å²) in [6.45, 7) is 8.44. The first kappa shape index (κ1) is 14.8. The van der Waals surface area contributed by atoms with Gasteiger partial charge in [0.25, 0.3) is 0 Å². The highest BCUT2D eigenvalue weighted by molar-refractivity contribution is 5.31. The van der Waals surface area contributed by atoms with Gasteiger partial charge in [-0.15, -0.1) is 0 Å². The van der Waals surface area contributed by atoms with Crippen LogP contribution in [-0.4, -0.2) is 6.54 Å². The lowest BCUT2D eigenvalue weighted by atomic mass is 10.0. The largest absolute Gasteiger partial charge is 0.307 e. The van der Waals surface area contributed by atoms with Crippen molar-refractivity contribution < 1.29 is 8.78 Å². The molecule has 0 heterocycles. The van der Waals surface area contributed by atoms with Crippen molar-refractivity contribution >= 4 is 0 Å². The topological polar surface area (TPSA) is 12.0 Å². The van der Waals surface area contributed by atoms with Gasteiger partial charge in [-0.1, -0.05) is 18.6 Å². The van der Waals surface area contributed by atoms with E-state index in [1.807, 2.05) is 19.9 Å². The Morgan fingerprint density at radius 3 is 2.50 bits per heavy atom. The molecule has 3 heteroatoms. The number of nitrogens with one attached hydrogen (secondary N) is 1. The molecule has 0 spiro atoms. The Bertz CT molecular complexity index is 434. The summed E-state index contributed by atoms with van der Waals surface area (Å²) in [6.07, 6.45) is 2.93. The molecule has 1 nitrogen and oxygen atoms in total. The molecule has 1 rings (SSSR count). The Hall–Kier alpha value is -1.22. The summed E-state index contributed by atoms with van der Waals surface area (Å²) >= 11 is 0. The first-order valence-corrected chi connectivity index (χ1v) is 6.29. The summed E-state index contributed by atoms with van der Waals surface area (Å²) in [4.78, 5) is 0. The Morgan fingerprint density at radius 2 is 1.94 bits per heavy atom. The van der Waals surface area contributed by atoms with Crippen molar-refractivity contribution in [2.75, 3.05) is 6.54 Å². The van der Waals surface area contributed by atoms with Crippen LogP contribution in [0.4, 0.5) is 8.78 Å². The van der Waals surface area contributed by atoms with E-state index in [-0.39, 0.29) is 6.04 Å². The number of aryl methyl sites for hydroxylation is 1. The van der Waals surface area contributed by atoms with Gasteiger partial charge in [0.05, 0.1) is 6.04 Å². The predicted octanol–water partition coefficient (Wildman–Crippen LogP) is 4.28. The van der Waals surface area contributed by atoms with E-state index in [0.717, 1.165) is 24.6 Å². The second kappa shape index (κ2) is 6.64. The molecule has 0 aliphatic rings. The molecular weight excluding hydrogens is 232 g/mol. The maximum absolute atomic E-state index is 13.8. The van der Waals surface area contributed by atoms with Crippen LogP contribution in [0.15, 0.2) is 23.8 Å². The van der Waals surface area contributed by atoms with E-state index >= 15 is 0 Å². The molecule has 0 aromatic heterocycles. The third-order valence-electron chi connectivity index (χ3n) is 2.73. The summed E-state index contributed by atoms with van der Waals surface area (Å²) in [7, 11) is 0. The molecule has 1 aromatic rings. The van der Waals surface area contributed by atoms with Crippen LogP contribution >= 0.6 is 0 Å². The Morgan fingerprint density at radius 1 is 1.28 bits per heavy atom. The minimum atomic E-state index is -0.498. The van der Waals surface area contributed by atoms with Crippen LogP contribution in [0.3, 0.4) is 0 Å². The molecule has 100 valence electrons. The fourth-order valence-electron chi connectivity index (χ4n) is 1.81. The first-order valence-electron chi connectivity index (χ1n) is 6.29. The normalized spacial score (nSPS) is 12.3. The van der Waals surface area contributed by atoms with Crippen LogP contribution in [0.25, 0.3) is 0 Å². The maximum atomic E-state index is 13.8. The van der Waals surface area contributed by atoms with Gasteiger partial charge in [-0.2, -0.15) is 0 Å². The highest BCUT2D eigenvalue weighted by Gasteiger charge is 2.15. The molecule has 1 N–H and O–H groups in total. The van der Waals surface area contributed by atoms with E-state index in [4.69, 9.17) is 0 Å². The highest BCUT2D eigenvalue weighted by Crippen LogP contribution is 2.23. The quantitative estimate of drug-likeness (QED) is 0.772. The second-order valence-corrected chi connectivity index (χ2v) is 4.80. The lowest BCUT2D eigenvalue weighted by Crippen LogP contribution is -2.22. The van der Waals surface area contributed by atoms with Gasteiger partial charge in [0.15, 0.2) is 0 Å². The zero-order chi connectivity index (χ0) is 13.7. The Kier molecular flexibility index (Phi) is 5.48. The zero-order valence-electron chi connectivity index (χ0n) is 11.5. The first-order chi connectivity index (χ1) is 8.45. The Labute approximate surface area is 108 Å². The molecule has 18 heavy (non-hydrogen) atoms. The summed E-state index contributed by atoms with van der Waals surface area (Å²) in [5, 5.41) is 3.27. The van der Waals surface area contributed by atoms with Crippen molar-refractivity contribution in [3.8, 4) is 0 Å². The zero-order valence-corrected chi connectivity index (χ0v) is 11.5. The van der Waals surface area contributed by atoms with Crippen molar-refractivity contribution in [3.63, 3.8) is 0 Å². The summed E-state index contributed by atoms with van der Waals surface area (Å²) in [5.41, 5.74) is 2.07. The van der Waals surface area contributed by atoms with Crippen molar-refractivity contribution in [2.24, 2.45) is 0 Å². The number of hydrogen-bond donors (Lipinski definition) is 1. The van der Waals surface area contributed by atoms with Crippen LogP contribution in [0.2, 0.25) is 0 Å². The average molecular weight is 253 g/mol. The molecule has 1 aromatic carbocycles. The SMILES string of the molecule is CCCNC(C=C(C)C)c1cc(C)c(F)cc1F. The number of halogens is 2. The molecular formula is C15H21F2N. The fourth-order valence-corrected chi connectivity index (χ4v) is 1.81. The van der Waals surface area contributed by atoms with Gasteiger partial charge >= 0.3 is 0 Å². The van der Waals surface area contributed by atoms with Crippen LogP contribution < -0.4 is 5.32 Å². The van der Waals surface area contributed by atoms with Crippen LogP contribution in [-0.2, 0) is 0 Å². The molecule has 0 saturated carbocycles. The number of allylic oxidation sites excluding steroid dienone is 1. The van der Waals surface area contributed by atoms with E-state index in [1.165, 1.54) is 0 Å². The molecule has 0 bridgehead atoms. The van der Waals surface area contributed by atoms with Gasteiger partial charge in [-0.3, -0.25) is 0 Å². The van der Waals surface area contributed by atoms with Gasteiger partial charge < -0.3 is 5.32 Å². The van der Waals surface area contributed by atoms with Crippen LogP contribution in [0, 0.1) is 18.6 Å². The fraction of sp³-hybridized carbons (Fsp3) is 0.467. The second-order valence-electron chi connectivity index (χ2n) is 4.80. The molecule has 0 aliphatic carbocycles. The van der Waals surface area contributed by atoms with Crippen molar-refractivity contribution in [1.82, 2.24) is 5.32 Å². The molecule has 0 aliphatic heterocycles. The van der Waals surface area contributed by atoms with E-state index < -0.39 is 11.6 Å². The lowest BCUT2D eigenvalue weighted by molar-refractivity contribution is 0.535. The standard InChI is InChI=1S/C15H21F2N/c1-5-6-18-15(7-10(2)3)12-8-11(4)13(16)9-14(12)17/h7-9,15,18H,5-6H2,1-4H3. The monoisotopic (exact) mass is 253 g/mol. The van der Waals surface area contributed by atoms with Crippen molar-refractivity contribution in [3.05, 3.63) is 46.5 Å². The van der Waals surface area contributed by atoms with Gasteiger partial charge in [0, 0.05) is 11.6 Å². The van der Waals surface area contributed by atoms with E-state index in [1.54, 1.807) is 13.0 Å². The minimum Gasteiger partial charge on any atom is -0.307 e. The number of benzene rings is 1. The molecule has 0 radical (unpaired) electrons. The van der Waals surface area contributed by atoms with Crippen molar-refractivity contribution in [1.29, 1.82) is 0 Å². The van der Waals surface area contributed by atoms with Gasteiger partial charge in [0.2, 0.25) is 0 Å². The van der Waals surface area contributed by atoms with Crippen molar-refractivity contribution in [2.45, 2.75) is 40.2 Å². The van der Waals surface area contributed by atoms with Crippen LogP contribution in [0.5, 0.6) is 0 Å². The summed E-state index contributed by atoms with van der Waals surface area (Å²) in [5.74, 6) is -0.994. The minimum absolute atomic E-state index is 0.200. The maximum Gasteiger partial charge on any atom is 0.131 e. The highest BCUT2D eigenvalue weighted by atomic mass is 19.1. The third-order valence-corrected chi connectivity index (χ3v) is 2.73. The third kappa shape index (κ3) is 3.91. The smallest absolute Gasteiger partial charge is 0.131 e. The average Bonchev–Trinajstić information content (AvgIpc) is 2.29. The van der Waals surface area contributed by atoms with Crippen LogP contribution in [0.1, 0.15) is 44.4 Å². The summed E-state index contributed by atoms with van der Waals surface area (Å²) < 4.78 is 27.1. The Balaban J connectivity index is 3.12. The molecule has 0 amide bonds. The molecule has 1 atom stereocenters. The number of rotatable bonds is 5. The summed E-state index contributed by atoms with van der Waals surface area (Å²) in [6, 6.07) is 2.34. The van der Waals surface area contributed by atoms with E-state index in [0.29, 0.717) is 11.1 Å². The predicted molar refractivity (Wildman–Crippen MR) is 71.6 cm³/mol. The lowest BCUT2D eigenvalue weighted by Gasteiger charge is -2.17. The van der Waals surface area contributed by atoms with E-state index in [9.17, 15) is 8.78 Å². The van der Waals surface area contributed by atoms with Gasteiger partial charge in [-0.05, 0) is 45.4 Å². The van der Waals surface area contributed by atoms with Gasteiger partial charge in [0.1, 0.15) is 11.6 Å². The van der Waals surface area contributed by atoms with E-state index in [2.05, 4.69) is 12.2 Å². The molecule has 0 fully saturated rings. The number of hydrogen-bond acceptors (Lipinski definition) is 1. The van der Waals surface area contributed by atoms with Gasteiger partial charge in [-0.25, -0.2) is 8.78 Å².